The van der Waals surface area contributed by atoms with Crippen molar-refractivity contribution in [2.75, 3.05) is 21.3 Å². The Morgan fingerprint density at radius 3 is 2.15 bits per heavy atom. The number of nitrogens with zero attached hydrogens (tertiary/aromatic N) is 1. The van der Waals surface area contributed by atoms with E-state index in [4.69, 9.17) is 11.0 Å². The largest absolute Gasteiger partial charge is 0.465 e. The fourth-order valence-electron chi connectivity index (χ4n) is 1.31. The Morgan fingerprint density at radius 1 is 1.30 bits per heavy atom. The van der Waals surface area contributed by atoms with Gasteiger partial charge < -0.3 is 15.2 Å². The van der Waals surface area contributed by atoms with Crippen molar-refractivity contribution in [3.8, 4) is 6.07 Å². The van der Waals surface area contributed by atoms with E-state index >= 15 is 0 Å². The number of nitriles is 1. The summed E-state index contributed by atoms with van der Waals surface area (Å²) >= 11 is 0. The lowest BCUT2D eigenvalue weighted by Gasteiger charge is -2.18. The molecule has 1 saturated carbocycles. The van der Waals surface area contributed by atoms with Crippen LogP contribution in [0.25, 0.3) is 0 Å². The number of rotatable bonds is 1. The zero-order chi connectivity index (χ0) is 15.4. The predicted molar refractivity (Wildman–Crippen MR) is 77.3 cm³/mol. The van der Waals surface area contributed by atoms with Gasteiger partial charge in [-0.3, -0.25) is 0 Å². The number of carbonyl (C=O) groups is 1. The van der Waals surface area contributed by atoms with Gasteiger partial charge in [0.15, 0.2) is 0 Å². The Morgan fingerprint density at radius 2 is 1.80 bits per heavy atom. The van der Waals surface area contributed by atoms with Gasteiger partial charge in [-0.05, 0) is 25.0 Å². The molecule has 1 fully saturated rings. The zero-order valence-electron chi connectivity index (χ0n) is 12.3. The maximum atomic E-state index is 11.0. The van der Waals surface area contributed by atoms with Gasteiger partial charge in [0.2, 0.25) is 0 Å². The molecule has 0 aromatic heterocycles. The van der Waals surface area contributed by atoms with Crippen molar-refractivity contribution in [1.29, 1.82) is 5.26 Å². The molecule has 0 heterocycles. The Kier molecular flexibility index (Phi) is 9.93. The maximum Gasteiger partial charge on any atom is 0.339 e. The van der Waals surface area contributed by atoms with Gasteiger partial charge >= 0.3 is 5.97 Å². The van der Waals surface area contributed by atoms with Gasteiger partial charge in [-0.15, -0.1) is 0 Å². The highest BCUT2D eigenvalue weighted by atomic mass is 16.5. The first-order valence-electron chi connectivity index (χ1n) is 6.33. The molecule has 0 amide bonds. The van der Waals surface area contributed by atoms with Gasteiger partial charge in [0, 0.05) is 20.3 Å². The van der Waals surface area contributed by atoms with Crippen molar-refractivity contribution in [2.24, 2.45) is 5.73 Å². The molecule has 1 aliphatic rings. The van der Waals surface area contributed by atoms with Crippen molar-refractivity contribution in [3.05, 3.63) is 35.4 Å². The minimum absolute atomic E-state index is 0.308. The summed E-state index contributed by atoms with van der Waals surface area (Å²) in [7, 11) is 4.54. The molecule has 2 rings (SSSR count). The zero-order valence-corrected chi connectivity index (χ0v) is 12.3. The summed E-state index contributed by atoms with van der Waals surface area (Å²) < 4.78 is 8.74. The molecule has 0 spiro atoms. The Bertz CT molecular complexity index is 437. The third-order valence-corrected chi connectivity index (χ3v) is 2.60. The van der Waals surface area contributed by atoms with Gasteiger partial charge in [-0.25, -0.2) is 4.79 Å². The number of carbonyl (C=O) groups excluding carboxylic acids is 1. The van der Waals surface area contributed by atoms with E-state index in [0.29, 0.717) is 17.2 Å². The molecular formula is C15H22N2O3. The number of ether oxygens (including phenoxy) is 2. The summed E-state index contributed by atoms with van der Waals surface area (Å²) in [5.74, 6) is -0.479. The summed E-state index contributed by atoms with van der Waals surface area (Å²) in [4.78, 5) is 11.0. The van der Waals surface area contributed by atoms with E-state index in [1.165, 1.54) is 26.4 Å². The van der Waals surface area contributed by atoms with Crippen molar-refractivity contribution in [2.45, 2.75) is 25.3 Å². The Labute approximate surface area is 120 Å². The summed E-state index contributed by atoms with van der Waals surface area (Å²) in [6.07, 6.45) is 3.89. The molecule has 0 saturated heterocycles. The first-order valence-corrected chi connectivity index (χ1v) is 6.33. The lowest BCUT2D eigenvalue weighted by atomic mass is 9.95. The number of esters is 1. The molecule has 0 radical (unpaired) electrons. The van der Waals surface area contributed by atoms with Crippen LogP contribution in [0.5, 0.6) is 0 Å². The van der Waals surface area contributed by atoms with Crippen LogP contribution in [-0.4, -0.2) is 33.3 Å². The summed E-state index contributed by atoms with van der Waals surface area (Å²) in [5.41, 5.74) is 6.02. The van der Waals surface area contributed by atoms with E-state index in [0.717, 1.165) is 0 Å². The number of hydrogen-bond donors (Lipinski definition) is 1. The molecule has 0 atom stereocenters. The van der Waals surface area contributed by atoms with E-state index < -0.39 is 5.97 Å². The van der Waals surface area contributed by atoms with Crippen LogP contribution in [0.2, 0.25) is 0 Å². The van der Waals surface area contributed by atoms with Crippen molar-refractivity contribution >= 4 is 5.97 Å². The van der Waals surface area contributed by atoms with Crippen LogP contribution < -0.4 is 5.73 Å². The second kappa shape index (κ2) is 11.0. The first-order chi connectivity index (χ1) is 9.60. The fraction of sp³-hybridized carbons (Fsp3) is 0.467. The fourth-order valence-corrected chi connectivity index (χ4v) is 1.31. The third kappa shape index (κ3) is 6.88. The van der Waals surface area contributed by atoms with Gasteiger partial charge in [0.05, 0.1) is 18.2 Å². The molecule has 2 N–H and O–H groups in total. The number of benzene rings is 1. The quantitative estimate of drug-likeness (QED) is 0.795. The lowest BCUT2D eigenvalue weighted by molar-refractivity contribution is 0.0600. The van der Waals surface area contributed by atoms with Crippen LogP contribution >= 0.6 is 0 Å². The first kappa shape index (κ1) is 18.1. The van der Waals surface area contributed by atoms with Gasteiger partial charge in [0.1, 0.15) is 6.07 Å². The van der Waals surface area contributed by atoms with E-state index in [2.05, 4.69) is 9.47 Å². The van der Waals surface area contributed by atoms with Gasteiger partial charge in [-0.1, -0.05) is 18.6 Å². The van der Waals surface area contributed by atoms with E-state index in [-0.39, 0.29) is 0 Å². The van der Waals surface area contributed by atoms with Crippen molar-refractivity contribution in [1.82, 2.24) is 0 Å². The van der Waals surface area contributed by atoms with Crippen molar-refractivity contribution in [3.63, 3.8) is 0 Å². The summed E-state index contributed by atoms with van der Waals surface area (Å²) in [5, 5.41) is 8.61. The number of nitrogens with two attached hydrogens (primary N) is 1. The molecule has 1 aromatic carbocycles. The maximum absolute atomic E-state index is 11.0. The molecule has 110 valence electrons. The molecule has 1 aromatic rings. The number of methoxy groups -OCH3 is 2. The van der Waals surface area contributed by atoms with E-state index in [1.54, 1.807) is 38.5 Å². The Hall–Kier alpha value is -1.90. The van der Waals surface area contributed by atoms with Crippen LogP contribution in [0.1, 0.15) is 35.2 Å². The summed E-state index contributed by atoms with van der Waals surface area (Å²) in [6, 6.07) is 9.00. The molecule has 5 heteroatoms. The van der Waals surface area contributed by atoms with Gasteiger partial charge in [-0.2, -0.15) is 5.26 Å². The van der Waals surface area contributed by atoms with E-state index in [1.807, 2.05) is 6.07 Å². The molecule has 0 unspecified atom stereocenters. The smallest absolute Gasteiger partial charge is 0.339 e. The van der Waals surface area contributed by atoms with Gasteiger partial charge in [0.25, 0.3) is 0 Å². The summed E-state index contributed by atoms with van der Waals surface area (Å²) in [6.45, 7) is 0. The van der Waals surface area contributed by atoms with Crippen LogP contribution in [-0.2, 0) is 9.47 Å². The monoisotopic (exact) mass is 278 g/mol. The molecule has 5 nitrogen and oxygen atoms in total. The molecule has 0 bridgehead atoms. The third-order valence-electron chi connectivity index (χ3n) is 2.60. The molecule has 0 aliphatic heterocycles. The normalized spacial score (nSPS) is 12.6. The standard InChI is InChI=1S/C9H7NO2.C4H9N.C2H6O/c1-12-9(11)8-5-3-2-4-7(8)6-10;5-4-2-1-3-4;1-3-2/h2-5H,1H3;4H,1-3,5H2;1-2H3. The molecule has 1 aliphatic carbocycles. The van der Waals surface area contributed by atoms with Crippen LogP contribution in [0.15, 0.2) is 24.3 Å². The second-order valence-electron chi connectivity index (χ2n) is 4.25. The molecule has 20 heavy (non-hydrogen) atoms. The SMILES string of the molecule is COC.COC(=O)c1ccccc1C#N.NC1CCC1. The highest BCUT2D eigenvalue weighted by Crippen LogP contribution is 2.14. The number of hydrogen-bond acceptors (Lipinski definition) is 5. The van der Waals surface area contributed by atoms with Crippen LogP contribution in [0.4, 0.5) is 0 Å². The highest BCUT2D eigenvalue weighted by molar-refractivity contribution is 5.92. The van der Waals surface area contributed by atoms with Crippen LogP contribution in [0.3, 0.4) is 0 Å². The average Bonchev–Trinajstić information content (AvgIpc) is 2.45. The highest BCUT2D eigenvalue weighted by Gasteiger charge is 2.10. The van der Waals surface area contributed by atoms with Crippen molar-refractivity contribution < 1.29 is 14.3 Å². The Balaban J connectivity index is 0.000000371. The molecular weight excluding hydrogens is 256 g/mol. The lowest BCUT2D eigenvalue weighted by Crippen LogP contribution is -2.27. The second-order valence-corrected chi connectivity index (χ2v) is 4.25. The average molecular weight is 278 g/mol. The topological polar surface area (TPSA) is 85.3 Å². The van der Waals surface area contributed by atoms with E-state index in [9.17, 15) is 4.79 Å². The predicted octanol–water partition coefficient (Wildman–Crippen LogP) is 2.11. The minimum atomic E-state index is -0.479. The minimum Gasteiger partial charge on any atom is -0.465 e. The van der Waals surface area contributed by atoms with Crippen LogP contribution in [0, 0.1) is 11.3 Å².